The molecule has 0 spiro atoms. The smallest absolute Gasteiger partial charge is 0.235 e. The lowest BCUT2D eigenvalue weighted by Crippen LogP contribution is -2.37. The minimum Gasteiger partial charge on any atom is -0.342 e. The summed E-state index contributed by atoms with van der Waals surface area (Å²) < 4.78 is 1.99. The lowest BCUT2D eigenvalue weighted by atomic mass is 10.1. The topological polar surface area (TPSA) is 51.0 Å². The lowest BCUT2D eigenvalue weighted by Gasteiger charge is -2.23. The largest absolute Gasteiger partial charge is 0.342 e. The minimum atomic E-state index is -0.147. The lowest BCUT2D eigenvalue weighted by molar-refractivity contribution is -0.130. The van der Waals surface area contributed by atoms with E-state index in [2.05, 4.69) is 29.3 Å². The Hall–Kier alpha value is -1.82. The Labute approximate surface area is 153 Å². The molecule has 6 heteroatoms. The maximum absolute atomic E-state index is 12.7. The number of nitrogens with zero attached hydrogens (tertiary/aromatic N) is 4. The van der Waals surface area contributed by atoms with Gasteiger partial charge in [-0.15, -0.1) is 10.2 Å². The number of aromatic nitrogens is 3. The standard InChI is InChI=1S/C19H26N4OS/c1-14-10-6-7-11-16(14)17-20-21-19(22(17)3)25-15(2)18(24)23-12-8-4-5-9-13-23/h6-7,10-11,15H,4-5,8-9,12-13H2,1-3H3/t15-/m0/s1. The van der Waals surface area contributed by atoms with Crippen molar-refractivity contribution in [1.29, 1.82) is 0 Å². The average Bonchev–Trinajstić information content (AvgIpc) is 2.81. The number of aryl methyl sites for hydroxylation is 1. The van der Waals surface area contributed by atoms with Gasteiger partial charge in [-0.05, 0) is 32.3 Å². The fourth-order valence-corrected chi connectivity index (χ4v) is 4.13. The molecule has 134 valence electrons. The van der Waals surface area contributed by atoms with E-state index in [-0.39, 0.29) is 11.2 Å². The van der Waals surface area contributed by atoms with Crippen LogP contribution < -0.4 is 0 Å². The van der Waals surface area contributed by atoms with Crippen LogP contribution in [0.2, 0.25) is 0 Å². The molecule has 2 heterocycles. The summed E-state index contributed by atoms with van der Waals surface area (Å²) in [5.41, 5.74) is 2.25. The Kier molecular flexibility index (Phi) is 5.78. The molecule has 3 rings (SSSR count). The number of hydrogen-bond donors (Lipinski definition) is 0. The Morgan fingerprint density at radius 2 is 1.80 bits per heavy atom. The summed E-state index contributed by atoms with van der Waals surface area (Å²) in [5.74, 6) is 1.06. The van der Waals surface area contributed by atoms with Crippen LogP contribution >= 0.6 is 11.8 Å². The van der Waals surface area contributed by atoms with E-state index in [1.807, 2.05) is 35.6 Å². The molecule has 1 fully saturated rings. The third kappa shape index (κ3) is 4.06. The van der Waals surface area contributed by atoms with E-state index < -0.39 is 0 Å². The van der Waals surface area contributed by atoms with Gasteiger partial charge in [0.2, 0.25) is 5.91 Å². The van der Waals surface area contributed by atoms with Crippen molar-refractivity contribution in [3.05, 3.63) is 29.8 Å². The zero-order valence-electron chi connectivity index (χ0n) is 15.2. The van der Waals surface area contributed by atoms with E-state index in [1.54, 1.807) is 0 Å². The molecule has 1 aliphatic heterocycles. The van der Waals surface area contributed by atoms with Gasteiger partial charge in [-0.2, -0.15) is 0 Å². The van der Waals surface area contributed by atoms with E-state index in [9.17, 15) is 4.79 Å². The normalized spacial score (nSPS) is 16.5. The molecule has 0 N–H and O–H groups in total. The first-order valence-corrected chi connectivity index (χ1v) is 9.86. The van der Waals surface area contributed by atoms with Crippen molar-refractivity contribution in [2.45, 2.75) is 49.9 Å². The molecule has 0 bridgehead atoms. The summed E-state index contributed by atoms with van der Waals surface area (Å²) in [5, 5.41) is 9.32. The van der Waals surface area contributed by atoms with E-state index in [0.717, 1.165) is 42.5 Å². The highest BCUT2D eigenvalue weighted by molar-refractivity contribution is 8.00. The maximum Gasteiger partial charge on any atom is 0.235 e. The highest BCUT2D eigenvalue weighted by Gasteiger charge is 2.24. The molecule has 0 radical (unpaired) electrons. The summed E-state index contributed by atoms with van der Waals surface area (Å²) in [7, 11) is 1.97. The summed E-state index contributed by atoms with van der Waals surface area (Å²) in [4.78, 5) is 14.8. The zero-order valence-corrected chi connectivity index (χ0v) is 16.1. The molecule has 1 aliphatic rings. The van der Waals surface area contributed by atoms with Crippen LogP contribution in [0.3, 0.4) is 0 Å². The Balaban J connectivity index is 1.73. The van der Waals surface area contributed by atoms with Crippen molar-refractivity contribution in [2.75, 3.05) is 13.1 Å². The van der Waals surface area contributed by atoms with Crippen LogP contribution in [0.25, 0.3) is 11.4 Å². The molecule has 1 saturated heterocycles. The van der Waals surface area contributed by atoms with Gasteiger partial charge in [-0.1, -0.05) is 48.9 Å². The van der Waals surface area contributed by atoms with Gasteiger partial charge in [-0.25, -0.2) is 0 Å². The first-order chi connectivity index (χ1) is 12.1. The molecule has 5 nitrogen and oxygen atoms in total. The quantitative estimate of drug-likeness (QED) is 0.783. The van der Waals surface area contributed by atoms with Crippen LogP contribution in [-0.4, -0.2) is 43.9 Å². The maximum atomic E-state index is 12.7. The summed E-state index contributed by atoms with van der Waals surface area (Å²) >= 11 is 1.50. The highest BCUT2D eigenvalue weighted by atomic mass is 32.2. The second-order valence-electron chi connectivity index (χ2n) is 6.68. The van der Waals surface area contributed by atoms with Crippen molar-refractivity contribution in [2.24, 2.45) is 7.05 Å². The van der Waals surface area contributed by atoms with Crippen LogP contribution in [-0.2, 0) is 11.8 Å². The van der Waals surface area contributed by atoms with E-state index in [4.69, 9.17) is 0 Å². The van der Waals surface area contributed by atoms with Gasteiger partial charge in [0.25, 0.3) is 0 Å². The Morgan fingerprint density at radius 1 is 1.12 bits per heavy atom. The predicted octanol–water partition coefficient (Wildman–Crippen LogP) is 3.67. The number of rotatable bonds is 4. The SMILES string of the molecule is Cc1ccccc1-c1nnc(S[C@@H](C)C(=O)N2CCCCCC2)n1C. The minimum absolute atomic E-state index is 0.147. The number of hydrogen-bond acceptors (Lipinski definition) is 4. The molecule has 1 atom stereocenters. The number of thioether (sulfide) groups is 1. The van der Waals surface area contributed by atoms with Gasteiger partial charge in [0, 0.05) is 25.7 Å². The molecule has 2 aromatic rings. The summed E-state index contributed by atoms with van der Waals surface area (Å²) in [6.07, 6.45) is 4.69. The zero-order chi connectivity index (χ0) is 17.8. The third-order valence-corrected chi connectivity index (χ3v) is 5.89. The van der Waals surface area contributed by atoms with E-state index in [1.165, 1.54) is 30.2 Å². The van der Waals surface area contributed by atoms with Crippen molar-refractivity contribution in [3.8, 4) is 11.4 Å². The van der Waals surface area contributed by atoms with Gasteiger partial charge >= 0.3 is 0 Å². The number of benzene rings is 1. The molecule has 1 aromatic carbocycles. The summed E-state index contributed by atoms with van der Waals surface area (Å²) in [6, 6.07) is 8.16. The van der Waals surface area contributed by atoms with Crippen LogP contribution in [0.4, 0.5) is 0 Å². The Morgan fingerprint density at radius 3 is 2.48 bits per heavy atom. The molecule has 0 saturated carbocycles. The highest BCUT2D eigenvalue weighted by Crippen LogP contribution is 2.28. The van der Waals surface area contributed by atoms with Crippen LogP contribution in [0.5, 0.6) is 0 Å². The van der Waals surface area contributed by atoms with E-state index in [0.29, 0.717) is 0 Å². The fraction of sp³-hybridized carbons (Fsp3) is 0.526. The first kappa shape index (κ1) is 18.0. The predicted molar refractivity (Wildman–Crippen MR) is 102 cm³/mol. The second kappa shape index (κ2) is 8.04. The van der Waals surface area contributed by atoms with E-state index >= 15 is 0 Å². The van der Waals surface area contributed by atoms with Crippen LogP contribution in [0.1, 0.15) is 38.2 Å². The number of carbonyl (C=O) groups excluding carboxylic acids is 1. The van der Waals surface area contributed by atoms with Crippen LogP contribution in [0, 0.1) is 6.92 Å². The van der Waals surface area contributed by atoms with Gasteiger partial charge in [-0.3, -0.25) is 4.79 Å². The van der Waals surface area contributed by atoms with Gasteiger partial charge in [0.1, 0.15) is 0 Å². The number of amides is 1. The second-order valence-corrected chi connectivity index (χ2v) is 7.99. The number of likely N-dealkylation sites (tertiary alicyclic amines) is 1. The number of carbonyl (C=O) groups is 1. The molecular weight excluding hydrogens is 332 g/mol. The molecule has 0 unspecified atom stereocenters. The first-order valence-electron chi connectivity index (χ1n) is 8.99. The van der Waals surface area contributed by atoms with Crippen molar-refractivity contribution >= 4 is 17.7 Å². The monoisotopic (exact) mass is 358 g/mol. The van der Waals surface area contributed by atoms with Gasteiger partial charge < -0.3 is 9.47 Å². The molecule has 25 heavy (non-hydrogen) atoms. The third-order valence-electron chi connectivity index (χ3n) is 4.77. The van der Waals surface area contributed by atoms with Gasteiger partial charge in [0.05, 0.1) is 5.25 Å². The molecular formula is C19H26N4OS. The average molecular weight is 359 g/mol. The summed E-state index contributed by atoms with van der Waals surface area (Å²) in [6.45, 7) is 5.82. The van der Waals surface area contributed by atoms with Crippen LogP contribution in [0.15, 0.2) is 29.4 Å². The van der Waals surface area contributed by atoms with Gasteiger partial charge in [0.15, 0.2) is 11.0 Å². The fourth-order valence-electron chi connectivity index (χ4n) is 3.23. The molecule has 0 aliphatic carbocycles. The molecule has 1 amide bonds. The molecule has 1 aromatic heterocycles. The van der Waals surface area contributed by atoms with Crippen molar-refractivity contribution in [1.82, 2.24) is 19.7 Å². The van der Waals surface area contributed by atoms with Crippen molar-refractivity contribution < 1.29 is 4.79 Å². The Bertz CT molecular complexity index is 735. The van der Waals surface area contributed by atoms with Crippen molar-refractivity contribution in [3.63, 3.8) is 0 Å².